The van der Waals surface area contributed by atoms with E-state index in [1.54, 1.807) is 0 Å². The van der Waals surface area contributed by atoms with Gasteiger partial charge in [0.05, 0.1) is 0 Å². The lowest BCUT2D eigenvalue weighted by atomic mass is 10.0. The molecule has 0 aliphatic carbocycles. The van der Waals surface area contributed by atoms with Crippen molar-refractivity contribution in [1.82, 2.24) is 0 Å². The third-order valence-corrected chi connectivity index (χ3v) is 6.39. The van der Waals surface area contributed by atoms with Crippen LogP contribution in [-0.4, -0.2) is 18.2 Å². The lowest BCUT2D eigenvalue weighted by Crippen LogP contribution is -2.22. The van der Waals surface area contributed by atoms with Crippen molar-refractivity contribution >= 4 is 11.9 Å². The summed E-state index contributed by atoms with van der Waals surface area (Å²) in [6.07, 6.45) is 29.9. The Hall–Kier alpha value is -1.06. The van der Waals surface area contributed by atoms with E-state index in [9.17, 15) is 9.59 Å². The van der Waals surface area contributed by atoms with Crippen molar-refractivity contribution in [2.45, 2.75) is 175 Å². The van der Waals surface area contributed by atoms with Crippen molar-refractivity contribution in [1.29, 1.82) is 0 Å². The van der Waals surface area contributed by atoms with Crippen LogP contribution in [0, 0.1) is 0 Å². The Kier molecular flexibility index (Phi) is 24.7. The zero-order chi connectivity index (χ0) is 24.4. The van der Waals surface area contributed by atoms with Gasteiger partial charge in [0.2, 0.25) is 6.29 Å². The van der Waals surface area contributed by atoms with E-state index in [0.29, 0.717) is 6.42 Å². The van der Waals surface area contributed by atoms with Crippen molar-refractivity contribution in [3.05, 3.63) is 0 Å². The highest BCUT2D eigenvalue weighted by Gasteiger charge is 2.14. The molecule has 0 aromatic carbocycles. The smallest absolute Gasteiger partial charge is 0.305 e. The van der Waals surface area contributed by atoms with E-state index in [2.05, 4.69) is 6.92 Å². The summed E-state index contributed by atoms with van der Waals surface area (Å²) in [5.74, 6) is -0.805. The number of rotatable bonds is 25. The normalized spacial score (nSPS) is 11.2. The maximum absolute atomic E-state index is 11.0. The molecule has 0 aliphatic rings. The Morgan fingerprint density at radius 2 is 0.697 bits per heavy atom. The minimum atomic E-state index is -0.717. The average molecular weight is 469 g/mol. The minimum absolute atomic E-state index is 0.403. The fraction of sp³-hybridized carbons (Fsp3) is 0.931. The van der Waals surface area contributed by atoms with Gasteiger partial charge < -0.3 is 9.47 Å². The first kappa shape index (κ1) is 31.9. The van der Waals surface area contributed by atoms with Crippen LogP contribution < -0.4 is 0 Å². The van der Waals surface area contributed by atoms with Gasteiger partial charge in [0, 0.05) is 20.3 Å². The van der Waals surface area contributed by atoms with Crippen molar-refractivity contribution < 1.29 is 19.1 Å². The predicted octanol–water partition coefficient (Wildman–Crippen LogP) is 9.43. The molecular formula is C29H56O4. The third kappa shape index (κ3) is 27.1. The van der Waals surface area contributed by atoms with Crippen LogP contribution in [0.3, 0.4) is 0 Å². The van der Waals surface area contributed by atoms with E-state index in [0.717, 1.165) is 12.8 Å². The van der Waals surface area contributed by atoms with Crippen LogP contribution in [0.25, 0.3) is 0 Å². The van der Waals surface area contributed by atoms with Crippen LogP contribution >= 0.6 is 0 Å². The molecule has 4 heteroatoms. The number of hydrogen-bond donors (Lipinski definition) is 0. The molecule has 0 spiro atoms. The minimum Gasteiger partial charge on any atom is -0.425 e. The van der Waals surface area contributed by atoms with Crippen LogP contribution in [0.1, 0.15) is 168 Å². The fourth-order valence-corrected chi connectivity index (χ4v) is 4.43. The van der Waals surface area contributed by atoms with E-state index in [1.807, 2.05) is 0 Å². The summed E-state index contributed by atoms with van der Waals surface area (Å²) in [4.78, 5) is 22.1. The molecule has 0 atom stereocenters. The quantitative estimate of drug-likeness (QED) is 0.0760. The summed E-state index contributed by atoms with van der Waals surface area (Å²) >= 11 is 0. The maximum Gasteiger partial charge on any atom is 0.305 e. The molecule has 0 saturated heterocycles. The number of hydrogen-bond acceptors (Lipinski definition) is 4. The topological polar surface area (TPSA) is 52.6 Å². The highest BCUT2D eigenvalue weighted by Crippen LogP contribution is 2.16. The summed E-state index contributed by atoms with van der Waals surface area (Å²) in [5, 5.41) is 0. The van der Waals surface area contributed by atoms with Gasteiger partial charge in [0.25, 0.3) is 0 Å². The molecule has 196 valence electrons. The van der Waals surface area contributed by atoms with Gasteiger partial charge in [0.15, 0.2) is 0 Å². The van der Waals surface area contributed by atoms with Crippen molar-refractivity contribution in [3.8, 4) is 0 Å². The highest BCUT2D eigenvalue weighted by atomic mass is 16.7. The van der Waals surface area contributed by atoms with Gasteiger partial charge in [-0.1, -0.05) is 142 Å². The monoisotopic (exact) mass is 468 g/mol. The zero-order valence-electron chi connectivity index (χ0n) is 22.5. The Morgan fingerprint density at radius 1 is 0.455 bits per heavy atom. The molecule has 0 radical (unpaired) electrons. The van der Waals surface area contributed by atoms with Crippen molar-refractivity contribution in [2.75, 3.05) is 0 Å². The highest BCUT2D eigenvalue weighted by molar-refractivity contribution is 5.68. The first-order valence-corrected chi connectivity index (χ1v) is 14.4. The molecule has 0 aromatic rings. The van der Waals surface area contributed by atoms with Crippen LogP contribution in [0.15, 0.2) is 0 Å². The average Bonchev–Trinajstić information content (AvgIpc) is 2.76. The summed E-state index contributed by atoms with van der Waals surface area (Å²) in [6.45, 7) is 4.97. The standard InChI is InChI=1S/C29H56O4/c1-4-5-6-7-8-9-10-11-12-13-14-15-16-17-18-19-20-21-22-23-24-25-26-29(32-27(2)30)33-28(3)31/h29H,4-26H2,1-3H3. The Morgan fingerprint density at radius 3 is 0.939 bits per heavy atom. The summed E-state index contributed by atoms with van der Waals surface area (Å²) in [5.41, 5.74) is 0. The van der Waals surface area contributed by atoms with Gasteiger partial charge in [-0.05, 0) is 6.42 Å². The molecule has 0 unspecified atom stereocenters. The van der Waals surface area contributed by atoms with Crippen molar-refractivity contribution in [3.63, 3.8) is 0 Å². The predicted molar refractivity (Wildman–Crippen MR) is 139 cm³/mol. The summed E-state index contributed by atoms with van der Waals surface area (Å²) in [6, 6.07) is 0. The van der Waals surface area contributed by atoms with Crippen LogP contribution in [0.4, 0.5) is 0 Å². The molecule has 0 aliphatic heterocycles. The van der Waals surface area contributed by atoms with Crippen LogP contribution in [0.2, 0.25) is 0 Å². The number of carbonyl (C=O) groups excluding carboxylic acids is 2. The molecule has 0 amide bonds. The van der Waals surface area contributed by atoms with Crippen LogP contribution in [-0.2, 0) is 19.1 Å². The number of esters is 2. The molecule has 0 N–H and O–H groups in total. The molecule has 4 nitrogen and oxygen atoms in total. The summed E-state index contributed by atoms with van der Waals surface area (Å²) < 4.78 is 10.1. The first-order valence-electron chi connectivity index (χ1n) is 14.4. The fourth-order valence-electron chi connectivity index (χ4n) is 4.43. The Labute approximate surface area is 206 Å². The second-order valence-electron chi connectivity index (χ2n) is 9.86. The number of carbonyl (C=O) groups is 2. The molecule has 0 saturated carbocycles. The molecule has 0 aromatic heterocycles. The van der Waals surface area contributed by atoms with E-state index in [4.69, 9.17) is 9.47 Å². The molecule has 0 rings (SSSR count). The first-order chi connectivity index (χ1) is 16.1. The van der Waals surface area contributed by atoms with E-state index in [-0.39, 0.29) is 0 Å². The number of ether oxygens (including phenoxy) is 2. The molecular weight excluding hydrogens is 412 g/mol. The van der Waals surface area contributed by atoms with Crippen molar-refractivity contribution in [2.24, 2.45) is 0 Å². The van der Waals surface area contributed by atoms with E-state index in [1.165, 1.54) is 142 Å². The number of unbranched alkanes of at least 4 members (excludes halogenated alkanes) is 21. The molecule has 0 fully saturated rings. The van der Waals surface area contributed by atoms with E-state index < -0.39 is 18.2 Å². The molecule has 0 heterocycles. The van der Waals surface area contributed by atoms with Crippen LogP contribution in [0.5, 0.6) is 0 Å². The second kappa shape index (κ2) is 25.6. The SMILES string of the molecule is CCCCCCCCCCCCCCCCCCCCCCCCC(OC(C)=O)OC(C)=O. The lowest BCUT2D eigenvalue weighted by Gasteiger charge is -2.16. The van der Waals surface area contributed by atoms with Gasteiger partial charge in [-0.3, -0.25) is 9.59 Å². The zero-order valence-corrected chi connectivity index (χ0v) is 22.5. The van der Waals surface area contributed by atoms with E-state index >= 15 is 0 Å². The Bertz CT molecular complexity index is 419. The van der Waals surface area contributed by atoms with Gasteiger partial charge in [-0.2, -0.15) is 0 Å². The second-order valence-corrected chi connectivity index (χ2v) is 9.86. The largest absolute Gasteiger partial charge is 0.425 e. The third-order valence-electron chi connectivity index (χ3n) is 6.39. The van der Waals surface area contributed by atoms with Gasteiger partial charge in [-0.15, -0.1) is 0 Å². The lowest BCUT2D eigenvalue weighted by molar-refractivity contribution is -0.186. The van der Waals surface area contributed by atoms with Gasteiger partial charge in [0.1, 0.15) is 0 Å². The van der Waals surface area contributed by atoms with Gasteiger partial charge >= 0.3 is 11.9 Å². The van der Waals surface area contributed by atoms with Gasteiger partial charge in [-0.25, -0.2) is 0 Å². The molecule has 33 heavy (non-hydrogen) atoms. The Balaban J connectivity index is 3.23. The molecule has 0 bridgehead atoms. The summed E-state index contributed by atoms with van der Waals surface area (Å²) in [7, 11) is 0. The maximum atomic E-state index is 11.0.